The number of rotatable bonds is 3. The van der Waals surface area contributed by atoms with E-state index in [0.717, 1.165) is 23.9 Å². The van der Waals surface area contributed by atoms with Crippen LogP contribution >= 0.6 is 0 Å². The van der Waals surface area contributed by atoms with E-state index in [-0.39, 0.29) is 11.8 Å². The molecule has 2 atom stereocenters. The molecule has 2 rings (SSSR count). The molecule has 1 saturated carbocycles. The second-order valence-electron chi connectivity index (χ2n) is 4.07. The van der Waals surface area contributed by atoms with Gasteiger partial charge in [0.1, 0.15) is 0 Å². The van der Waals surface area contributed by atoms with E-state index in [4.69, 9.17) is 9.39 Å². The van der Waals surface area contributed by atoms with Gasteiger partial charge >= 0.3 is 91.9 Å². The summed E-state index contributed by atoms with van der Waals surface area (Å²) in [6.07, 6.45) is 16.3. The van der Waals surface area contributed by atoms with Crippen LogP contribution in [0.15, 0.2) is 24.3 Å². The Hall–Kier alpha value is -0.761. The molecular weight excluding hydrogens is 284 g/mol. The molecule has 0 aliphatic heterocycles. The molecule has 1 fully saturated rings. The van der Waals surface area contributed by atoms with Gasteiger partial charge in [-0.25, -0.2) is 0 Å². The zero-order valence-electron chi connectivity index (χ0n) is 10.9. The van der Waals surface area contributed by atoms with Gasteiger partial charge in [-0.05, 0) is 0 Å². The molecule has 1 radical (unpaired) electrons. The predicted molar refractivity (Wildman–Crippen MR) is 69.7 cm³/mol. The first-order valence-electron chi connectivity index (χ1n) is 6.09. The summed E-state index contributed by atoms with van der Waals surface area (Å²) in [4.78, 5) is 10.6. The Kier molecular flexibility index (Phi) is 11.8. The van der Waals surface area contributed by atoms with Gasteiger partial charge in [0.15, 0.2) is 0 Å². The summed E-state index contributed by atoms with van der Waals surface area (Å²) in [7, 11) is 1.61. The Morgan fingerprint density at radius 3 is 2.26 bits per heavy atom. The third kappa shape index (κ3) is 7.41. The average Bonchev–Trinajstić information content (AvgIpc) is 3.08. The van der Waals surface area contributed by atoms with Crippen molar-refractivity contribution in [2.45, 2.75) is 25.7 Å². The summed E-state index contributed by atoms with van der Waals surface area (Å²) in [5, 5.41) is 0. The van der Waals surface area contributed by atoms with Gasteiger partial charge in [-0.3, -0.25) is 0 Å². The molecule has 3 nitrogen and oxygen atoms in total. The van der Waals surface area contributed by atoms with Gasteiger partial charge < -0.3 is 0 Å². The molecule has 0 spiro atoms. The van der Waals surface area contributed by atoms with E-state index in [1.54, 1.807) is 7.11 Å². The molecule has 0 aromatic heterocycles. The molecule has 0 aromatic carbocycles. The molecule has 0 heterocycles. The smallest absolute Gasteiger partial charge is 0.00506 e. The van der Waals surface area contributed by atoms with Crippen LogP contribution < -0.4 is 0 Å². The predicted octanol–water partition coefficient (Wildman–Crippen LogP) is 2.50. The Labute approximate surface area is 123 Å². The van der Waals surface area contributed by atoms with E-state index in [1.807, 2.05) is 30.7 Å². The molecule has 2 unspecified atom stereocenters. The minimum Gasteiger partial charge on any atom is -0.0767 e. The maximum Gasteiger partial charge on any atom is 0.00506 e. The molecule has 2 aliphatic rings. The van der Waals surface area contributed by atoms with E-state index in [9.17, 15) is 4.79 Å². The fraction of sp³-hybridized carbons (Fsp3) is 0.467. The fourth-order valence-corrected chi connectivity index (χ4v) is 2.39. The number of allylic oxidation sites excluding steroid dienone is 4. The summed E-state index contributed by atoms with van der Waals surface area (Å²) in [5.41, 5.74) is 0. The number of ether oxygens (including phenoxy) is 1. The average molecular weight is 302 g/mol. The van der Waals surface area contributed by atoms with Crippen molar-refractivity contribution in [2.75, 3.05) is 7.11 Å². The summed E-state index contributed by atoms with van der Waals surface area (Å²) in [6, 6.07) is 0. The molecule has 2 aliphatic carbocycles. The van der Waals surface area contributed by atoms with Crippen molar-refractivity contribution < 1.29 is 29.8 Å². The van der Waals surface area contributed by atoms with Crippen molar-refractivity contribution in [1.29, 1.82) is 0 Å². The Balaban J connectivity index is 0.000000383. The van der Waals surface area contributed by atoms with Crippen LogP contribution in [0.2, 0.25) is 0 Å². The van der Waals surface area contributed by atoms with Crippen molar-refractivity contribution in [2.24, 2.45) is 11.8 Å². The molecule has 0 bridgehead atoms. The quantitative estimate of drug-likeness (QED) is 0.457. The van der Waals surface area contributed by atoms with Crippen LogP contribution in [0, 0.1) is 24.9 Å². The third-order valence-electron chi connectivity index (χ3n) is 2.95. The van der Waals surface area contributed by atoms with Crippen LogP contribution in [-0.4, -0.2) is 18.0 Å². The monoisotopic (exact) mass is 302 g/mol. The summed E-state index contributed by atoms with van der Waals surface area (Å²) >= 11 is 3.79. The molecule has 4 heteroatoms. The largest absolute Gasteiger partial charge is 0.0767 e. The Bertz CT molecular complexity index is 335. The topological polar surface area (TPSA) is 46.2 Å². The second kappa shape index (κ2) is 12.3. The first kappa shape index (κ1) is 18.2. The van der Waals surface area contributed by atoms with Crippen molar-refractivity contribution in [3.63, 3.8) is 0 Å². The summed E-state index contributed by atoms with van der Waals surface area (Å²) in [5.74, 6) is 0.229. The molecule has 0 aromatic rings. The van der Waals surface area contributed by atoms with Crippen molar-refractivity contribution >= 4 is 10.9 Å². The zero-order valence-corrected chi connectivity index (χ0v) is 12.1. The Morgan fingerprint density at radius 2 is 1.84 bits per heavy atom. The Morgan fingerprint density at radius 1 is 1.26 bits per heavy atom. The fourth-order valence-electron chi connectivity index (χ4n) is 2.01. The van der Waals surface area contributed by atoms with Gasteiger partial charge in [-0.1, -0.05) is 24.3 Å². The summed E-state index contributed by atoms with van der Waals surface area (Å²) < 4.78 is 13.3. The van der Waals surface area contributed by atoms with Crippen molar-refractivity contribution in [3.8, 4) is 0 Å². The SMILES string of the molecule is CO[C](=[Fe+])C1CCCCC1[C-]=O.[C-]#[O+].[CH]1C=CC=C1. The van der Waals surface area contributed by atoms with E-state index in [1.165, 1.54) is 6.42 Å². The first-order chi connectivity index (χ1) is 9.29. The number of carbonyl (C=O) groups excluding carboxylic acids is 1. The normalized spacial score (nSPS) is 23.5. The third-order valence-corrected chi connectivity index (χ3v) is 3.58. The van der Waals surface area contributed by atoms with E-state index in [0.29, 0.717) is 0 Å². The van der Waals surface area contributed by atoms with Gasteiger partial charge in [0, 0.05) is 6.42 Å². The van der Waals surface area contributed by atoms with Gasteiger partial charge in [0.2, 0.25) is 0 Å². The minimum absolute atomic E-state index is 0.0196. The molecule has 0 amide bonds. The maximum atomic E-state index is 10.6. The van der Waals surface area contributed by atoms with Gasteiger partial charge in [-0.2, -0.15) is 0 Å². The van der Waals surface area contributed by atoms with Gasteiger partial charge in [0.05, 0.1) is 0 Å². The van der Waals surface area contributed by atoms with Crippen LogP contribution in [0.3, 0.4) is 0 Å². The van der Waals surface area contributed by atoms with Crippen LogP contribution in [0.4, 0.5) is 0 Å². The van der Waals surface area contributed by atoms with Crippen LogP contribution in [-0.2, 0) is 29.8 Å². The molecule has 19 heavy (non-hydrogen) atoms. The number of hydrogen-bond donors (Lipinski definition) is 0. The first-order valence-corrected chi connectivity index (χ1v) is 6.64. The number of hydrogen-bond acceptors (Lipinski definition) is 2. The molecular formula is C15H18FeO3. The molecule has 0 N–H and O–H groups in total. The second-order valence-corrected chi connectivity index (χ2v) is 4.62. The van der Waals surface area contributed by atoms with Crippen molar-refractivity contribution in [1.82, 2.24) is 0 Å². The van der Waals surface area contributed by atoms with Crippen molar-refractivity contribution in [3.05, 3.63) is 37.4 Å². The van der Waals surface area contributed by atoms with Gasteiger partial charge in [-0.15, -0.1) is 0 Å². The van der Waals surface area contributed by atoms with E-state index < -0.39 is 0 Å². The number of methoxy groups -OCH3 is 1. The van der Waals surface area contributed by atoms with Crippen LogP contribution in [0.1, 0.15) is 25.7 Å². The zero-order chi connectivity index (χ0) is 14.5. The molecule has 104 valence electrons. The van der Waals surface area contributed by atoms with Gasteiger partial charge in [0.25, 0.3) is 0 Å². The van der Waals surface area contributed by atoms with Crippen LogP contribution in [0.25, 0.3) is 0 Å². The minimum atomic E-state index is 0.0196. The molecule has 0 saturated heterocycles. The standard InChI is InChI=1S/C9H13O2.C5H5.CO.Fe/c1-11-7-9-5-3-2-4-8(9)6-10;1-2-4-5-3-1;1-2;/h8-9H,2-5H2,1H3;1-5H;;/q-1;;;+1. The van der Waals surface area contributed by atoms with E-state index in [2.05, 4.69) is 28.5 Å². The maximum absolute atomic E-state index is 10.6. The van der Waals surface area contributed by atoms with Crippen LogP contribution in [0.5, 0.6) is 0 Å². The summed E-state index contributed by atoms with van der Waals surface area (Å²) in [6.45, 7) is 4.50. The van der Waals surface area contributed by atoms with E-state index >= 15 is 0 Å².